The number of nitrogens with one attached hydrogen (secondary N) is 1. The summed E-state index contributed by atoms with van der Waals surface area (Å²) >= 11 is 0. The summed E-state index contributed by atoms with van der Waals surface area (Å²) in [6.45, 7) is 2.85. The van der Waals surface area contributed by atoms with Gasteiger partial charge in [-0.25, -0.2) is 13.6 Å². The van der Waals surface area contributed by atoms with Gasteiger partial charge in [0.2, 0.25) is 5.43 Å². The van der Waals surface area contributed by atoms with Gasteiger partial charge in [-0.15, -0.1) is 12.4 Å². The Kier molecular flexibility index (Phi) is 6.45. The van der Waals surface area contributed by atoms with Gasteiger partial charge in [-0.2, -0.15) is 0 Å². The number of aromatic nitrogens is 1. The highest BCUT2D eigenvalue weighted by Gasteiger charge is 2.38. The molecule has 4 rings (SSSR count). The maximum atomic E-state index is 15.8. The van der Waals surface area contributed by atoms with Crippen molar-refractivity contribution in [3.63, 3.8) is 0 Å². The van der Waals surface area contributed by atoms with Crippen molar-refractivity contribution in [2.45, 2.75) is 38.0 Å². The smallest absolute Gasteiger partial charge is 0.341 e. The zero-order valence-corrected chi connectivity index (χ0v) is 18.0. The Bertz CT molecular complexity index is 1090. The van der Waals surface area contributed by atoms with Crippen LogP contribution in [-0.4, -0.2) is 54.5 Å². The Morgan fingerprint density at radius 2 is 2.00 bits per heavy atom. The van der Waals surface area contributed by atoms with Crippen molar-refractivity contribution in [2.75, 3.05) is 37.4 Å². The maximum absolute atomic E-state index is 15.8. The zero-order valence-electron chi connectivity index (χ0n) is 17.2. The second-order valence-electron chi connectivity index (χ2n) is 7.72. The number of carboxylic acid groups (broad SMARTS) is 1. The number of carboxylic acids is 1. The molecule has 1 aliphatic heterocycles. The summed E-state index contributed by atoms with van der Waals surface area (Å²) in [5, 5.41) is 12.0. The van der Waals surface area contributed by atoms with Crippen LogP contribution in [0.5, 0.6) is 0 Å². The number of hydrogen-bond donors (Lipinski definition) is 3. The second-order valence-corrected chi connectivity index (χ2v) is 7.72. The van der Waals surface area contributed by atoms with Crippen molar-refractivity contribution in [2.24, 2.45) is 0 Å². The monoisotopic (exact) mass is 458 g/mol. The minimum absolute atomic E-state index is 0. The summed E-state index contributed by atoms with van der Waals surface area (Å²) in [5.41, 5.74) is 3.40. The zero-order chi connectivity index (χ0) is 21.7. The number of aromatic carboxylic acids is 1. The maximum Gasteiger partial charge on any atom is 0.341 e. The standard InChI is InChI=1S/C20H24F2N4O4.ClH/c1-3-30-12-8-25(7-11(12)24-2)18-14(21)16(23)13-17(15(18)22)26(9-4-5-9)6-10(19(13)27)20(28)29;/h6,9,11-12,24H,3-5,7-8,23H2,1-2H3,(H,28,29);1H. The summed E-state index contributed by atoms with van der Waals surface area (Å²) in [4.78, 5) is 25.7. The minimum Gasteiger partial charge on any atom is -0.477 e. The first-order valence-corrected chi connectivity index (χ1v) is 9.92. The molecule has 2 aromatic rings. The molecule has 2 aliphatic rings. The molecule has 31 heavy (non-hydrogen) atoms. The van der Waals surface area contributed by atoms with Crippen LogP contribution >= 0.6 is 12.4 Å². The lowest BCUT2D eigenvalue weighted by Gasteiger charge is -2.23. The summed E-state index contributed by atoms with van der Waals surface area (Å²) in [6.07, 6.45) is 2.29. The van der Waals surface area contributed by atoms with E-state index in [1.165, 1.54) is 9.47 Å². The van der Waals surface area contributed by atoms with Crippen LogP contribution in [0.4, 0.5) is 20.2 Å². The molecule has 170 valence electrons. The third-order valence-electron chi connectivity index (χ3n) is 5.87. The van der Waals surface area contributed by atoms with Crippen LogP contribution in [0.3, 0.4) is 0 Å². The van der Waals surface area contributed by atoms with E-state index in [0.29, 0.717) is 26.0 Å². The van der Waals surface area contributed by atoms with Gasteiger partial charge >= 0.3 is 5.97 Å². The van der Waals surface area contributed by atoms with Crippen molar-refractivity contribution < 1.29 is 23.4 Å². The second kappa shape index (κ2) is 8.60. The Labute approximate surface area is 183 Å². The molecule has 2 fully saturated rings. The van der Waals surface area contributed by atoms with Gasteiger partial charge in [-0.05, 0) is 26.8 Å². The molecular weight excluding hydrogens is 434 g/mol. The molecule has 2 heterocycles. The van der Waals surface area contributed by atoms with Crippen LogP contribution in [0.2, 0.25) is 0 Å². The first-order chi connectivity index (χ1) is 14.3. The number of benzene rings is 1. The number of rotatable bonds is 6. The van der Waals surface area contributed by atoms with E-state index in [4.69, 9.17) is 10.5 Å². The van der Waals surface area contributed by atoms with Gasteiger partial charge in [0.1, 0.15) is 11.3 Å². The third-order valence-corrected chi connectivity index (χ3v) is 5.87. The van der Waals surface area contributed by atoms with Crippen LogP contribution in [0, 0.1) is 11.6 Å². The van der Waals surface area contributed by atoms with Crippen molar-refractivity contribution >= 4 is 40.7 Å². The van der Waals surface area contributed by atoms with Crippen molar-refractivity contribution in [1.82, 2.24) is 9.88 Å². The fraction of sp³-hybridized carbons (Fsp3) is 0.500. The molecule has 1 aliphatic carbocycles. The number of fused-ring (bicyclic) bond motifs is 1. The summed E-state index contributed by atoms with van der Waals surface area (Å²) in [7, 11) is 1.75. The fourth-order valence-corrected chi connectivity index (χ4v) is 4.24. The number of carbonyl (C=O) groups is 1. The highest BCUT2D eigenvalue weighted by atomic mass is 35.5. The molecule has 0 radical (unpaired) electrons. The van der Waals surface area contributed by atoms with Gasteiger partial charge in [-0.1, -0.05) is 0 Å². The van der Waals surface area contributed by atoms with E-state index >= 15 is 8.78 Å². The predicted octanol–water partition coefficient (Wildman–Crippen LogP) is 2.13. The minimum atomic E-state index is -1.46. The van der Waals surface area contributed by atoms with Gasteiger partial charge < -0.3 is 30.4 Å². The largest absolute Gasteiger partial charge is 0.477 e. The van der Waals surface area contributed by atoms with E-state index in [1.54, 1.807) is 7.05 Å². The van der Waals surface area contributed by atoms with E-state index in [1.807, 2.05) is 6.92 Å². The number of nitrogens with zero attached hydrogens (tertiary/aromatic N) is 2. The normalized spacial score (nSPS) is 20.8. The molecule has 1 saturated heterocycles. The molecule has 8 nitrogen and oxygen atoms in total. The number of hydrogen-bond acceptors (Lipinski definition) is 6. The lowest BCUT2D eigenvalue weighted by molar-refractivity contribution is 0.0612. The summed E-state index contributed by atoms with van der Waals surface area (Å²) < 4.78 is 38.2. The number of ether oxygens (including phenoxy) is 1. The average Bonchev–Trinajstić information content (AvgIpc) is 3.47. The van der Waals surface area contributed by atoms with E-state index in [9.17, 15) is 14.7 Å². The Balaban J connectivity index is 0.00000272. The molecule has 1 aromatic heterocycles. The van der Waals surface area contributed by atoms with Crippen LogP contribution in [0.1, 0.15) is 36.2 Å². The number of pyridine rings is 1. The van der Waals surface area contributed by atoms with Crippen molar-refractivity contribution in [3.05, 3.63) is 33.6 Å². The number of nitrogen functional groups attached to an aromatic ring is 1. The fourth-order valence-electron chi connectivity index (χ4n) is 4.24. The van der Waals surface area contributed by atoms with Crippen LogP contribution in [-0.2, 0) is 4.74 Å². The molecular formula is C20H25ClF2N4O4. The van der Waals surface area contributed by atoms with E-state index in [-0.39, 0.29) is 48.3 Å². The molecule has 0 bridgehead atoms. The number of likely N-dealkylation sites (N-methyl/N-ethyl adjacent to an activating group) is 1. The van der Waals surface area contributed by atoms with Crippen LogP contribution in [0.15, 0.2) is 11.0 Å². The number of nitrogens with two attached hydrogens (primary N) is 1. The first-order valence-electron chi connectivity index (χ1n) is 9.92. The van der Waals surface area contributed by atoms with Gasteiger partial charge in [0.15, 0.2) is 11.6 Å². The van der Waals surface area contributed by atoms with Gasteiger partial charge in [-0.3, -0.25) is 4.79 Å². The predicted molar refractivity (Wildman–Crippen MR) is 115 cm³/mol. The topological polar surface area (TPSA) is 110 Å². The number of halogens is 3. The molecule has 1 aromatic carbocycles. The highest BCUT2D eigenvalue weighted by Crippen LogP contribution is 2.42. The highest BCUT2D eigenvalue weighted by molar-refractivity contribution is 5.99. The van der Waals surface area contributed by atoms with Crippen LogP contribution in [0.25, 0.3) is 10.9 Å². The molecule has 0 amide bonds. The van der Waals surface area contributed by atoms with Crippen molar-refractivity contribution in [3.8, 4) is 0 Å². The number of anilines is 2. The average molecular weight is 459 g/mol. The van der Waals surface area contributed by atoms with Gasteiger partial charge in [0.05, 0.1) is 28.7 Å². The first kappa shape index (κ1) is 23.2. The van der Waals surface area contributed by atoms with Crippen molar-refractivity contribution in [1.29, 1.82) is 0 Å². The van der Waals surface area contributed by atoms with Crippen LogP contribution < -0.4 is 21.4 Å². The summed E-state index contributed by atoms with van der Waals surface area (Å²) in [5.74, 6) is -3.44. The Hall–Kier alpha value is -2.43. The molecule has 0 spiro atoms. The SMILES string of the molecule is CCOC1CN(c2c(F)c(N)c3c(=O)c(C(=O)O)cn(C4CC4)c3c2F)CC1NC.Cl. The molecule has 11 heteroatoms. The van der Waals surface area contributed by atoms with E-state index in [0.717, 1.165) is 6.20 Å². The molecule has 1 saturated carbocycles. The molecule has 4 N–H and O–H groups in total. The summed E-state index contributed by atoms with van der Waals surface area (Å²) in [6, 6.07) is -0.293. The van der Waals surface area contributed by atoms with E-state index < -0.39 is 39.7 Å². The van der Waals surface area contributed by atoms with Gasteiger partial charge in [0, 0.05) is 31.9 Å². The Morgan fingerprint density at radius 1 is 1.32 bits per heavy atom. The molecule has 2 unspecified atom stereocenters. The quantitative estimate of drug-likeness (QED) is 0.569. The lowest BCUT2D eigenvalue weighted by Crippen LogP contribution is -2.38. The van der Waals surface area contributed by atoms with Gasteiger partial charge in [0.25, 0.3) is 0 Å². The third kappa shape index (κ3) is 3.72. The molecule has 2 atom stereocenters. The Morgan fingerprint density at radius 3 is 2.55 bits per heavy atom. The van der Waals surface area contributed by atoms with E-state index in [2.05, 4.69) is 5.32 Å². The lowest BCUT2D eigenvalue weighted by atomic mass is 10.1.